The Labute approximate surface area is 122 Å². The number of para-hydroxylation sites is 1. The molecule has 118 valence electrons. The van der Waals surface area contributed by atoms with E-state index in [9.17, 15) is 13.2 Å². The second-order valence-corrected chi connectivity index (χ2v) is 5.07. The van der Waals surface area contributed by atoms with Crippen LogP contribution in [0.3, 0.4) is 0 Å². The van der Waals surface area contributed by atoms with Gasteiger partial charge in [-0.05, 0) is 31.4 Å². The first kappa shape index (κ1) is 16.1. The first-order valence-electron chi connectivity index (χ1n) is 7.17. The fraction of sp³-hybridized carbons (Fsp3) is 0.600. The van der Waals surface area contributed by atoms with Gasteiger partial charge in [-0.15, -0.1) is 13.2 Å². The van der Waals surface area contributed by atoms with E-state index in [1.165, 1.54) is 6.07 Å². The summed E-state index contributed by atoms with van der Waals surface area (Å²) >= 11 is 0. The van der Waals surface area contributed by atoms with Crippen molar-refractivity contribution < 1.29 is 22.6 Å². The van der Waals surface area contributed by atoms with Crippen LogP contribution in [0, 0.1) is 5.92 Å². The Bertz CT molecular complexity index is 445. The Morgan fingerprint density at radius 1 is 1.29 bits per heavy atom. The lowest BCUT2D eigenvalue weighted by Gasteiger charge is -2.32. The summed E-state index contributed by atoms with van der Waals surface area (Å²) in [5, 5.41) is 3.29. The van der Waals surface area contributed by atoms with Crippen molar-refractivity contribution in [1.29, 1.82) is 0 Å². The minimum absolute atomic E-state index is 0.123. The standard InChI is InChI=1S/C15H20F3NO2/c1-2-19-14(11-7-9-20-10-8-11)12-5-3-4-6-13(12)21-15(16,17)18/h3-6,11,14,19H,2,7-10H2,1H3. The van der Waals surface area contributed by atoms with Gasteiger partial charge < -0.3 is 14.8 Å². The Morgan fingerprint density at radius 3 is 2.57 bits per heavy atom. The van der Waals surface area contributed by atoms with E-state index in [1.807, 2.05) is 6.92 Å². The number of rotatable bonds is 5. The molecule has 0 bridgehead atoms. The molecule has 6 heteroatoms. The third-order valence-electron chi connectivity index (χ3n) is 3.64. The van der Waals surface area contributed by atoms with Crippen molar-refractivity contribution in [3.8, 4) is 5.75 Å². The van der Waals surface area contributed by atoms with Crippen molar-refractivity contribution in [2.24, 2.45) is 5.92 Å². The highest BCUT2D eigenvalue weighted by Crippen LogP contribution is 2.36. The van der Waals surface area contributed by atoms with Crippen LogP contribution < -0.4 is 10.1 Å². The van der Waals surface area contributed by atoms with Crippen LogP contribution in [0.2, 0.25) is 0 Å². The second kappa shape index (κ2) is 7.13. The van der Waals surface area contributed by atoms with Crippen LogP contribution in [0.15, 0.2) is 24.3 Å². The van der Waals surface area contributed by atoms with E-state index >= 15 is 0 Å². The number of alkyl halides is 3. The van der Waals surface area contributed by atoms with Crippen molar-refractivity contribution in [3.05, 3.63) is 29.8 Å². The summed E-state index contributed by atoms with van der Waals surface area (Å²) < 4.78 is 47.2. The number of halogens is 3. The summed E-state index contributed by atoms with van der Waals surface area (Å²) in [6.07, 6.45) is -3.02. The summed E-state index contributed by atoms with van der Waals surface area (Å²) in [5.74, 6) is 0.124. The van der Waals surface area contributed by atoms with Crippen molar-refractivity contribution in [2.75, 3.05) is 19.8 Å². The maximum Gasteiger partial charge on any atom is 0.573 e. The zero-order valence-electron chi connectivity index (χ0n) is 12.0. The summed E-state index contributed by atoms with van der Waals surface area (Å²) in [4.78, 5) is 0. The fourth-order valence-corrected chi connectivity index (χ4v) is 2.75. The SMILES string of the molecule is CCNC(c1ccccc1OC(F)(F)F)C1CCOCC1. The summed E-state index contributed by atoms with van der Waals surface area (Å²) in [6.45, 7) is 3.92. The highest BCUT2D eigenvalue weighted by Gasteiger charge is 2.34. The second-order valence-electron chi connectivity index (χ2n) is 5.07. The van der Waals surface area contributed by atoms with Crippen LogP contribution in [0.25, 0.3) is 0 Å². The third-order valence-corrected chi connectivity index (χ3v) is 3.64. The van der Waals surface area contributed by atoms with E-state index in [2.05, 4.69) is 10.1 Å². The topological polar surface area (TPSA) is 30.5 Å². The molecule has 1 N–H and O–H groups in total. The average molecular weight is 303 g/mol. The minimum Gasteiger partial charge on any atom is -0.405 e. The number of benzene rings is 1. The van der Waals surface area contributed by atoms with Crippen LogP contribution in [0.1, 0.15) is 31.4 Å². The van der Waals surface area contributed by atoms with Crippen molar-refractivity contribution in [3.63, 3.8) is 0 Å². The van der Waals surface area contributed by atoms with Gasteiger partial charge in [-0.25, -0.2) is 0 Å². The molecular formula is C15H20F3NO2. The molecule has 1 aliphatic rings. The number of nitrogens with one attached hydrogen (secondary N) is 1. The van der Waals surface area contributed by atoms with Gasteiger partial charge in [0, 0.05) is 24.8 Å². The van der Waals surface area contributed by atoms with Gasteiger partial charge in [0.2, 0.25) is 0 Å². The Kier molecular flexibility index (Phi) is 5.47. The summed E-state index contributed by atoms with van der Waals surface area (Å²) in [7, 11) is 0. The largest absolute Gasteiger partial charge is 0.573 e. The summed E-state index contributed by atoms with van der Waals surface area (Å²) in [5.41, 5.74) is 0.559. The fourth-order valence-electron chi connectivity index (χ4n) is 2.75. The van der Waals surface area contributed by atoms with E-state index in [0.717, 1.165) is 12.8 Å². The van der Waals surface area contributed by atoms with Crippen LogP contribution in [0.4, 0.5) is 13.2 Å². The lowest BCUT2D eigenvalue weighted by Crippen LogP contribution is -2.33. The highest BCUT2D eigenvalue weighted by atomic mass is 19.4. The van der Waals surface area contributed by atoms with Gasteiger partial charge >= 0.3 is 6.36 Å². The lowest BCUT2D eigenvalue weighted by atomic mass is 9.86. The van der Waals surface area contributed by atoms with Gasteiger partial charge in [-0.2, -0.15) is 0 Å². The van der Waals surface area contributed by atoms with Crippen molar-refractivity contribution in [2.45, 2.75) is 32.2 Å². The number of hydrogen-bond donors (Lipinski definition) is 1. The van der Waals surface area contributed by atoms with Gasteiger partial charge in [-0.1, -0.05) is 25.1 Å². The van der Waals surface area contributed by atoms with Crippen LogP contribution in [-0.2, 0) is 4.74 Å². The third kappa shape index (κ3) is 4.61. The lowest BCUT2D eigenvalue weighted by molar-refractivity contribution is -0.275. The Morgan fingerprint density at radius 2 is 1.95 bits per heavy atom. The first-order chi connectivity index (χ1) is 10.0. The molecule has 1 heterocycles. The Balaban J connectivity index is 2.26. The molecule has 1 aromatic carbocycles. The molecule has 2 rings (SSSR count). The quantitative estimate of drug-likeness (QED) is 0.900. The molecule has 0 aliphatic carbocycles. The zero-order valence-corrected chi connectivity index (χ0v) is 12.0. The maximum absolute atomic E-state index is 12.6. The molecule has 0 saturated carbocycles. The normalized spacial score (nSPS) is 18.5. The van der Waals surface area contributed by atoms with Crippen LogP contribution in [0.5, 0.6) is 5.75 Å². The molecule has 0 spiro atoms. The monoisotopic (exact) mass is 303 g/mol. The van der Waals surface area contributed by atoms with Crippen LogP contribution in [-0.4, -0.2) is 26.1 Å². The zero-order chi connectivity index (χ0) is 15.3. The molecule has 21 heavy (non-hydrogen) atoms. The molecule has 1 aromatic rings. The van der Waals surface area contributed by atoms with Gasteiger partial charge in [-0.3, -0.25) is 0 Å². The van der Waals surface area contributed by atoms with E-state index in [1.54, 1.807) is 18.2 Å². The number of ether oxygens (including phenoxy) is 2. The predicted molar refractivity (Wildman–Crippen MR) is 73.1 cm³/mol. The molecule has 0 aromatic heterocycles. The highest BCUT2D eigenvalue weighted by molar-refractivity contribution is 5.36. The molecule has 0 amide bonds. The molecule has 0 radical (unpaired) electrons. The number of hydrogen-bond acceptors (Lipinski definition) is 3. The molecule has 3 nitrogen and oxygen atoms in total. The van der Waals surface area contributed by atoms with Gasteiger partial charge in [0.1, 0.15) is 5.75 Å². The van der Waals surface area contributed by atoms with Crippen LogP contribution >= 0.6 is 0 Å². The van der Waals surface area contributed by atoms with E-state index in [-0.39, 0.29) is 17.7 Å². The maximum atomic E-state index is 12.6. The van der Waals surface area contributed by atoms with Gasteiger partial charge in [0.05, 0.1) is 0 Å². The Hall–Kier alpha value is -1.27. The molecule has 1 unspecified atom stereocenters. The average Bonchev–Trinajstić information content (AvgIpc) is 2.45. The first-order valence-corrected chi connectivity index (χ1v) is 7.17. The van der Waals surface area contributed by atoms with E-state index < -0.39 is 6.36 Å². The minimum atomic E-state index is -4.68. The summed E-state index contributed by atoms with van der Waals surface area (Å²) in [6, 6.07) is 6.20. The molecule has 1 atom stereocenters. The smallest absolute Gasteiger partial charge is 0.405 e. The van der Waals surface area contributed by atoms with E-state index in [4.69, 9.17) is 4.74 Å². The van der Waals surface area contributed by atoms with Gasteiger partial charge in [0.15, 0.2) is 0 Å². The van der Waals surface area contributed by atoms with Gasteiger partial charge in [0.25, 0.3) is 0 Å². The predicted octanol–water partition coefficient (Wildman–Crippen LogP) is 3.66. The van der Waals surface area contributed by atoms with Crippen molar-refractivity contribution in [1.82, 2.24) is 5.32 Å². The molecule has 1 aliphatic heterocycles. The molecular weight excluding hydrogens is 283 g/mol. The van der Waals surface area contributed by atoms with E-state index in [0.29, 0.717) is 25.3 Å². The molecule has 1 fully saturated rings. The molecule has 1 saturated heterocycles. The van der Waals surface area contributed by atoms with Crippen molar-refractivity contribution >= 4 is 0 Å².